The fourth-order valence-electron chi connectivity index (χ4n) is 1.62. The van der Waals surface area contributed by atoms with Gasteiger partial charge in [-0.1, -0.05) is 11.6 Å². The van der Waals surface area contributed by atoms with E-state index >= 15 is 0 Å². The zero-order valence-electron chi connectivity index (χ0n) is 11.0. The lowest BCUT2D eigenvalue weighted by molar-refractivity contribution is -0.166. The van der Waals surface area contributed by atoms with Crippen LogP contribution in [0.5, 0.6) is 0 Å². The lowest BCUT2D eigenvalue weighted by Crippen LogP contribution is -2.36. The van der Waals surface area contributed by atoms with Gasteiger partial charge >= 0.3 is 12.3 Å². The van der Waals surface area contributed by atoms with Crippen LogP contribution in [-0.2, 0) is 18.2 Å². The highest BCUT2D eigenvalue weighted by Crippen LogP contribution is 2.23. The Labute approximate surface area is 118 Å². The van der Waals surface area contributed by atoms with Gasteiger partial charge in [-0.25, -0.2) is 8.78 Å². The first-order chi connectivity index (χ1) is 9.15. The van der Waals surface area contributed by atoms with E-state index < -0.39 is 25.0 Å². The predicted molar refractivity (Wildman–Crippen MR) is 66.4 cm³/mol. The van der Waals surface area contributed by atoms with Gasteiger partial charge in [0.05, 0.1) is 23.0 Å². The predicted octanol–water partition coefficient (Wildman–Crippen LogP) is 2.17. The molecule has 1 aromatic heterocycles. The fraction of sp³-hybridized carbons (Fsp3) is 0.727. The number of ether oxygens (including phenoxy) is 1. The van der Waals surface area contributed by atoms with Crippen molar-refractivity contribution in [2.75, 3.05) is 13.2 Å². The van der Waals surface area contributed by atoms with E-state index in [-0.39, 0.29) is 13.0 Å². The SMILES string of the molecule is Cc1nn(C)c(CC(N)COCC(F)(F)C(F)F)c1Cl. The quantitative estimate of drug-likeness (QED) is 0.784. The minimum atomic E-state index is -4.17. The van der Waals surface area contributed by atoms with Gasteiger partial charge in [0.1, 0.15) is 6.61 Å². The largest absolute Gasteiger partial charge is 0.373 e. The standard InChI is InChI=1S/C11H16ClF4N3O/c1-6-9(12)8(19(2)18-6)3-7(17)4-20-5-11(15,16)10(13)14/h7,10H,3-5,17H2,1-2H3. The first-order valence-electron chi connectivity index (χ1n) is 5.82. The average molecular weight is 318 g/mol. The maximum atomic E-state index is 12.6. The summed E-state index contributed by atoms with van der Waals surface area (Å²) < 4.78 is 55.1. The zero-order valence-corrected chi connectivity index (χ0v) is 11.8. The summed E-state index contributed by atoms with van der Waals surface area (Å²) in [5, 5.41) is 4.52. The first kappa shape index (κ1) is 17.2. The van der Waals surface area contributed by atoms with E-state index in [2.05, 4.69) is 9.84 Å². The van der Waals surface area contributed by atoms with Gasteiger partial charge in [-0.05, 0) is 6.92 Å². The molecular weight excluding hydrogens is 302 g/mol. The Kier molecular flexibility index (Phi) is 5.79. The van der Waals surface area contributed by atoms with Crippen LogP contribution in [0.15, 0.2) is 0 Å². The minimum absolute atomic E-state index is 0.246. The van der Waals surface area contributed by atoms with Crippen LogP contribution in [0.3, 0.4) is 0 Å². The van der Waals surface area contributed by atoms with Gasteiger partial charge in [0.25, 0.3) is 0 Å². The van der Waals surface area contributed by atoms with E-state index in [1.165, 1.54) is 4.68 Å². The summed E-state index contributed by atoms with van der Waals surface area (Å²) in [6.45, 7) is 0.0798. The Hall–Kier alpha value is -0.860. The van der Waals surface area contributed by atoms with Gasteiger partial charge in [-0.15, -0.1) is 0 Å². The molecule has 1 rings (SSSR count). The van der Waals surface area contributed by atoms with Crippen LogP contribution in [0.4, 0.5) is 17.6 Å². The van der Waals surface area contributed by atoms with Crippen LogP contribution in [-0.4, -0.2) is 41.4 Å². The van der Waals surface area contributed by atoms with Gasteiger partial charge in [-0.2, -0.15) is 13.9 Å². The summed E-state index contributed by atoms with van der Waals surface area (Å²) in [5.74, 6) is -4.17. The molecule has 0 saturated carbocycles. The topological polar surface area (TPSA) is 53.1 Å². The lowest BCUT2D eigenvalue weighted by Gasteiger charge is -2.17. The van der Waals surface area contributed by atoms with Gasteiger partial charge < -0.3 is 10.5 Å². The maximum Gasteiger partial charge on any atom is 0.330 e. The monoisotopic (exact) mass is 317 g/mol. The zero-order chi connectivity index (χ0) is 15.5. The van der Waals surface area contributed by atoms with E-state index in [9.17, 15) is 17.6 Å². The Morgan fingerprint density at radius 1 is 1.45 bits per heavy atom. The molecular formula is C11H16ClF4N3O. The molecule has 0 amide bonds. The van der Waals surface area contributed by atoms with Crippen molar-refractivity contribution >= 4 is 11.6 Å². The third kappa shape index (κ3) is 4.32. The normalized spacial score (nSPS) is 14.1. The van der Waals surface area contributed by atoms with Crippen LogP contribution in [0, 0.1) is 6.92 Å². The van der Waals surface area contributed by atoms with E-state index in [1.807, 2.05) is 0 Å². The second-order valence-corrected chi connectivity index (χ2v) is 4.89. The number of aryl methyl sites for hydroxylation is 2. The van der Waals surface area contributed by atoms with Gasteiger partial charge in [-0.3, -0.25) is 4.68 Å². The molecule has 116 valence electrons. The molecule has 1 heterocycles. The summed E-state index contributed by atoms with van der Waals surface area (Å²) in [6.07, 6.45) is -3.51. The fourth-order valence-corrected chi connectivity index (χ4v) is 1.86. The third-order valence-corrected chi connectivity index (χ3v) is 3.15. The molecule has 0 fully saturated rings. The second-order valence-electron chi connectivity index (χ2n) is 4.51. The van der Waals surface area contributed by atoms with Gasteiger partial charge in [0.15, 0.2) is 0 Å². The molecule has 0 bridgehead atoms. The summed E-state index contributed by atoms with van der Waals surface area (Å²) >= 11 is 6.01. The molecule has 4 nitrogen and oxygen atoms in total. The number of alkyl halides is 4. The van der Waals surface area contributed by atoms with Crippen LogP contribution < -0.4 is 5.73 Å². The van der Waals surface area contributed by atoms with Crippen molar-refractivity contribution in [1.29, 1.82) is 0 Å². The summed E-state index contributed by atoms with van der Waals surface area (Å²) in [7, 11) is 1.67. The van der Waals surface area contributed by atoms with Crippen LogP contribution >= 0.6 is 11.6 Å². The van der Waals surface area contributed by atoms with Crippen LogP contribution in [0.2, 0.25) is 5.02 Å². The Morgan fingerprint density at radius 3 is 2.50 bits per heavy atom. The van der Waals surface area contributed by atoms with E-state index in [4.69, 9.17) is 17.3 Å². The number of hydrogen-bond donors (Lipinski definition) is 1. The van der Waals surface area contributed by atoms with Crippen molar-refractivity contribution in [3.63, 3.8) is 0 Å². The summed E-state index contributed by atoms with van der Waals surface area (Å²) in [5.41, 5.74) is 6.97. The molecule has 1 atom stereocenters. The Bertz CT molecular complexity index is 453. The summed E-state index contributed by atoms with van der Waals surface area (Å²) in [6, 6.07) is -0.643. The number of halogens is 5. The number of aromatic nitrogens is 2. The lowest BCUT2D eigenvalue weighted by atomic mass is 10.1. The molecule has 0 aliphatic rings. The number of rotatable bonds is 7. The maximum absolute atomic E-state index is 12.6. The van der Waals surface area contributed by atoms with Crippen molar-refractivity contribution in [1.82, 2.24) is 9.78 Å². The van der Waals surface area contributed by atoms with Crippen molar-refractivity contribution in [2.24, 2.45) is 12.8 Å². The summed E-state index contributed by atoms with van der Waals surface area (Å²) in [4.78, 5) is 0. The molecule has 0 aliphatic carbocycles. The highest BCUT2D eigenvalue weighted by molar-refractivity contribution is 6.31. The third-order valence-electron chi connectivity index (χ3n) is 2.66. The van der Waals surface area contributed by atoms with E-state index in [0.29, 0.717) is 16.4 Å². The average Bonchev–Trinajstić information content (AvgIpc) is 2.55. The first-order valence-corrected chi connectivity index (χ1v) is 6.20. The Balaban J connectivity index is 2.47. The molecule has 1 aromatic rings. The molecule has 0 aromatic carbocycles. The van der Waals surface area contributed by atoms with E-state index in [0.717, 1.165) is 0 Å². The van der Waals surface area contributed by atoms with Gasteiger partial charge in [0, 0.05) is 19.5 Å². The van der Waals surface area contributed by atoms with E-state index in [1.54, 1.807) is 14.0 Å². The number of nitrogens with two attached hydrogens (primary N) is 1. The molecule has 9 heteroatoms. The molecule has 1 unspecified atom stereocenters. The van der Waals surface area contributed by atoms with Crippen molar-refractivity contribution in [3.8, 4) is 0 Å². The van der Waals surface area contributed by atoms with Crippen molar-refractivity contribution in [2.45, 2.75) is 31.7 Å². The minimum Gasteiger partial charge on any atom is -0.373 e. The highest BCUT2D eigenvalue weighted by Gasteiger charge is 2.41. The van der Waals surface area contributed by atoms with Crippen molar-refractivity contribution in [3.05, 3.63) is 16.4 Å². The molecule has 0 aliphatic heterocycles. The van der Waals surface area contributed by atoms with Crippen LogP contribution in [0.1, 0.15) is 11.4 Å². The highest BCUT2D eigenvalue weighted by atomic mass is 35.5. The van der Waals surface area contributed by atoms with Gasteiger partial charge in [0.2, 0.25) is 0 Å². The molecule has 0 spiro atoms. The number of hydrogen-bond acceptors (Lipinski definition) is 3. The molecule has 0 saturated heterocycles. The Morgan fingerprint density at radius 2 is 2.05 bits per heavy atom. The molecule has 0 radical (unpaired) electrons. The second kappa shape index (κ2) is 6.73. The molecule has 20 heavy (non-hydrogen) atoms. The smallest absolute Gasteiger partial charge is 0.330 e. The molecule has 2 N–H and O–H groups in total. The van der Waals surface area contributed by atoms with Crippen molar-refractivity contribution < 1.29 is 22.3 Å². The number of nitrogens with zero attached hydrogens (tertiary/aromatic N) is 2. The van der Waals surface area contributed by atoms with Crippen LogP contribution in [0.25, 0.3) is 0 Å².